The van der Waals surface area contributed by atoms with Crippen molar-refractivity contribution in [1.29, 1.82) is 0 Å². The van der Waals surface area contributed by atoms with Gasteiger partial charge in [-0.3, -0.25) is 9.69 Å². The third kappa shape index (κ3) is 4.10. The van der Waals surface area contributed by atoms with Gasteiger partial charge in [0.1, 0.15) is 0 Å². The number of carbonyl (C=O) groups is 1. The van der Waals surface area contributed by atoms with Crippen LogP contribution in [0, 0.1) is 5.92 Å². The summed E-state index contributed by atoms with van der Waals surface area (Å²) in [5, 5.41) is 2.93. The number of nitrogens with zero attached hydrogens (tertiary/aromatic N) is 1. The largest absolute Gasteiger partial charge is 0.325 e. The molecule has 0 unspecified atom stereocenters. The second kappa shape index (κ2) is 6.34. The molecule has 0 bridgehead atoms. The summed E-state index contributed by atoms with van der Waals surface area (Å²) < 4.78 is 1.02. The summed E-state index contributed by atoms with van der Waals surface area (Å²) in [4.78, 5) is 14.1. The van der Waals surface area contributed by atoms with Crippen molar-refractivity contribution in [3.63, 3.8) is 0 Å². The lowest BCUT2D eigenvalue weighted by atomic mass is 10.0. The summed E-state index contributed by atoms with van der Waals surface area (Å²) in [6.07, 6.45) is 2.48. The van der Waals surface area contributed by atoms with Gasteiger partial charge in [0.25, 0.3) is 0 Å². The molecule has 1 heterocycles. The van der Waals surface area contributed by atoms with Crippen LogP contribution in [-0.2, 0) is 4.79 Å². The molecule has 0 saturated carbocycles. The van der Waals surface area contributed by atoms with E-state index < -0.39 is 0 Å². The highest BCUT2D eigenvalue weighted by molar-refractivity contribution is 9.10. The monoisotopic (exact) mass is 310 g/mol. The molecule has 2 rings (SSSR count). The first kappa shape index (κ1) is 13.6. The summed E-state index contributed by atoms with van der Waals surface area (Å²) in [5.41, 5.74) is 0.855. The highest BCUT2D eigenvalue weighted by Crippen LogP contribution is 2.16. The molecule has 18 heavy (non-hydrogen) atoms. The Bertz CT molecular complexity index is 405. The summed E-state index contributed by atoms with van der Waals surface area (Å²) in [6, 6.07) is 7.67. The van der Waals surface area contributed by atoms with Crippen molar-refractivity contribution in [3.8, 4) is 0 Å². The maximum Gasteiger partial charge on any atom is 0.238 e. The summed E-state index contributed by atoms with van der Waals surface area (Å²) in [5.74, 6) is 0.783. The van der Waals surface area contributed by atoms with E-state index in [0.717, 1.165) is 23.2 Å². The van der Waals surface area contributed by atoms with Gasteiger partial charge in [0.05, 0.1) is 6.54 Å². The van der Waals surface area contributed by atoms with Crippen molar-refractivity contribution >= 4 is 27.5 Å². The van der Waals surface area contributed by atoms with E-state index in [-0.39, 0.29) is 5.91 Å². The summed E-state index contributed by atoms with van der Waals surface area (Å²) in [7, 11) is 0. The van der Waals surface area contributed by atoms with E-state index in [1.807, 2.05) is 24.3 Å². The lowest BCUT2D eigenvalue weighted by Crippen LogP contribution is -2.39. The number of rotatable bonds is 3. The minimum absolute atomic E-state index is 0.0754. The van der Waals surface area contributed by atoms with Crippen LogP contribution >= 0.6 is 15.9 Å². The zero-order valence-corrected chi connectivity index (χ0v) is 12.2. The number of likely N-dealkylation sites (tertiary alicyclic amines) is 1. The third-order valence-corrected chi connectivity index (χ3v) is 3.76. The van der Waals surface area contributed by atoms with Gasteiger partial charge in [0, 0.05) is 16.7 Å². The Morgan fingerprint density at radius 3 is 2.83 bits per heavy atom. The maximum absolute atomic E-state index is 11.9. The number of carbonyl (C=O) groups excluding carboxylic acids is 1. The second-order valence-corrected chi connectivity index (χ2v) is 5.95. The van der Waals surface area contributed by atoms with Crippen molar-refractivity contribution in [2.45, 2.75) is 19.8 Å². The standard InChI is InChI=1S/C14H19BrN2O/c1-11-3-2-8-17(9-11)10-14(18)16-13-6-4-12(15)5-7-13/h4-7,11H,2-3,8-10H2,1H3,(H,16,18)/t11-/m1/s1. The SMILES string of the molecule is C[C@@H]1CCCN(CC(=O)Nc2ccc(Br)cc2)C1. The van der Waals surface area contributed by atoms with Crippen LogP contribution < -0.4 is 5.32 Å². The van der Waals surface area contributed by atoms with E-state index in [0.29, 0.717) is 12.5 Å². The Morgan fingerprint density at radius 1 is 1.44 bits per heavy atom. The Labute approximate surface area is 117 Å². The van der Waals surface area contributed by atoms with Crippen LogP contribution in [0.25, 0.3) is 0 Å². The molecule has 0 spiro atoms. The third-order valence-electron chi connectivity index (χ3n) is 3.24. The Hall–Kier alpha value is -0.870. The Morgan fingerprint density at radius 2 is 2.17 bits per heavy atom. The molecule has 1 aliphatic heterocycles. The lowest BCUT2D eigenvalue weighted by molar-refractivity contribution is -0.117. The van der Waals surface area contributed by atoms with Gasteiger partial charge in [-0.1, -0.05) is 22.9 Å². The van der Waals surface area contributed by atoms with Crippen molar-refractivity contribution in [1.82, 2.24) is 4.90 Å². The van der Waals surface area contributed by atoms with E-state index in [1.54, 1.807) is 0 Å². The molecule has 1 aromatic carbocycles. The van der Waals surface area contributed by atoms with Crippen LogP contribution in [-0.4, -0.2) is 30.4 Å². The first-order valence-electron chi connectivity index (χ1n) is 6.41. The Kier molecular flexibility index (Phi) is 4.78. The minimum Gasteiger partial charge on any atom is -0.325 e. The van der Waals surface area contributed by atoms with Crippen LogP contribution in [0.3, 0.4) is 0 Å². The molecule has 1 amide bonds. The van der Waals surface area contributed by atoms with E-state index >= 15 is 0 Å². The quantitative estimate of drug-likeness (QED) is 0.930. The number of amides is 1. The fraction of sp³-hybridized carbons (Fsp3) is 0.500. The van der Waals surface area contributed by atoms with Gasteiger partial charge in [0.15, 0.2) is 0 Å². The van der Waals surface area contributed by atoms with Crippen LogP contribution in [0.5, 0.6) is 0 Å². The van der Waals surface area contributed by atoms with E-state index in [1.165, 1.54) is 12.8 Å². The molecule has 1 N–H and O–H groups in total. The van der Waals surface area contributed by atoms with Crippen molar-refractivity contribution < 1.29 is 4.79 Å². The molecule has 98 valence electrons. The van der Waals surface area contributed by atoms with Gasteiger partial charge in [0.2, 0.25) is 5.91 Å². The topological polar surface area (TPSA) is 32.3 Å². The van der Waals surface area contributed by atoms with Crippen molar-refractivity contribution in [2.75, 3.05) is 25.0 Å². The predicted molar refractivity (Wildman–Crippen MR) is 77.6 cm³/mol. The Balaban J connectivity index is 1.83. The van der Waals surface area contributed by atoms with E-state index in [2.05, 4.69) is 33.1 Å². The number of anilines is 1. The van der Waals surface area contributed by atoms with Gasteiger partial charge in [-0.05, 0) is 49.6 Å². The number of benzene rings is 1. The molecule has 0 aromatic heterocycles. The van der Waals surface area contributed by atoms with Crippen LogP contribution in [0.15, 0.2) is 28.7 Å². The fourth-order valence-corrected chi connectivity index (χ4v) is 2.63. The van der Waals surface area contributed by atoms with E-state index in [9.17, 15) is 4.79 Å². The number of hydrogen-bond acceptors (Lipinski definition) is 2. The average Bonchev–Trinajstić information content (AvgIpc) is 2.32. The van der Waals surface area contributed by atoms with Crippen LogP contribution in [0.1, 0.15) is 19.8 Å². The fourth-order valence-electron chi connectivity index (χ4n) is 2.37. The first-order valence-corrected chi connectivity index (χ1v) is 7.20. The van der Waals surface area contributed by atoms with Gasteiger partial charge < -0.3 is 5.32 Å². The van der Waals surface area contributed by atoms with Gasteiger partial charge in [-0.15, -0.1) is 0 Å². The molecule has 1 aliphatic rings. The molecule has 4 heteroatoms. The second-order valence-electron chi connectivity index (χ2n) is 5.04. The molecule has 1 saturated heterocycles. The van der Waals surface area contributed by atoms with Crippen LogP contribution in [0.2, 0.25) is 0 Å². The smallest absolute Gasteiger partial charge is 0.238 e. The lowest BCUT2D eigenvalue weighted by Gasteiger charge is -2.30. The number of piperidine rings is 1. The first-order chi connectivity index (χ1) is 8.63. The normalized spacial score (nSPS) is 20.7. The summed E-state index contributed by atoms with van der Waals surface area (Å²) >= 11 is 3.38. The van der Waals surface area contributed by atoms with Gasteiger partial charge in [-0.25, -0.2) is 0 Å². The highest BCUT2D eigenvalue weighted by Gasteiger charge is 2.18. The molecule has 1 fully saturated rings. The number of halogens is 1. The molecule has 0 radical (unpaired) electrons. The van der Waals surface area contributed by atoms with Gasteiger partial charge in [-0.2, -0.15) is 0 Å². The molecule has 1 atom stereocenters. The summed E-state index contributed by atoms with van der Waals surface area (Å²) in [6.45, 7) is 4.82. The maximum atomic E-state index is 11.9. The van der Waals surface area contributed by atoms with Crippen LogP contribution in [0.4, 0.5) is 5.69 Å². The minimum atomic E-state index is 0.0754. The zero-order chi connectivity index (χ0) is 13.0. The number of nitrogens with one attached hydrogen (secondary N) is 1. The zero-order valence-electron chi connectivity index (χ0n) is 10.7. The molecular formula is C14H19BrN2O. The molecular weight excluding hydrogens is 292 g/mol. The predicted octanol–water partition coefficient (Wildman–Crippen LogP) is 3.12. The average molecular weight is 311 g/mol. The van der Waals surface area contributed by atoms with E-state index in [4.69, 9.17) is 0 Å². The van der Waals surface area contributed by atoms with Crippen molar-refractivity contribution in [3.05, 3.63) is 28.7 Å². The highest BCUT2D eigenvalue weighted by atomic mass is 79.9. The number of hydrogen-bond donors (Lipinski definition) is 1. The van der Waals surface area contributed by atoms with Gasteiger partial charge >= 0.3 is 0 Å². The molecule has 3 nitrogen and oxygen atoms in total. The molecule has 1 aromatic rings. The van der Waals surface area contributed by atoms with Crippen molar-refractivity contribution in [2.24, 2.45) is 5.92 Å². The molecule has 0 aliphatic carbocycles.